The van der Waals surface area contributed by atoms with Gasteiger partial charge in [0.25, 0.3) is 0 Å². The Hall–Kier alpha value is -0.610. The molecule has 0 spiro atoms. The Morgan fingerprint density at radius 1 is 1.42 bits per heavy atom. The fourth-order valence-corrected chi connectivity index (χ4v) is 2.06. The minimum Gasteiger partial charge on any atom is -0.298 e. The lowest BCUT2D eigenvalue weighted by Gasteiger charge is -2.32. The van der Waals surface area contributed by atoms with Crippen LogP contribution in [-0.2, 0) is 0 Å². The quantitative estimate of drug-likeness (QED) is 0.569. The first-order valence-corrected chi connectivity index (χ1v) is 4.63. The first kappa shape index (κ1) is 8.01. The molecule has 0 aromatic carbocycles. The number of urea groups is 1. The summed E-state index contributed by atoms with van der Waals surface area (Å²) in [7, 11) is 2.01. The second-order valence-electron chi connectivity index (χ2n) is 3.76. The van der Waals surface area contributed by atoms with E-state index in [0.29, 0.717) is 4.59 Å². The molecule has 0 saturated carbocycles. The summed E-state index contributed by atoms with van der Waals surface area (Å²) in [6, 6.07) is 0.164. The molecular formula is C8H16N3O+. The second kappa shape index (κ2) is 2.71. The highest BCUT2D eigenvalue weighted by molar-refractivity contribution is 5.67. The number of carbonyl (C=O) groups excluding carboxylic acids is 1. The summed E-state index contributed by atoms with van der Waals surface area (Å²) in [4.78, 5) is 11.5. The molecule has 2 aliphatic heterocycles. The van der Waals surface area contributed by atoms with Gasteiger partial charge in [0, 0.05) is 13.1 Å². The van der Waals surface area contributed by atoms with Crippen LogP contribution in [-0.4, -0.2) is 48.9 Å². The fourth-order valence-electron chi connectivity index (χ4n) is 2.06. The van der Waals surface area contributed by atoms with E-state index in [1.165, 1.54) is 12.8 Å². The largest absolute Gasteiger partial charge is 0.436 e. The predicted octanol–water partition coefficient (Wildman–Crippen LogP) is 0.167. The van der Waals surface area contributed by atoms with E-state index < -0.39 is 0 Å². The van der Waals surface area contributed by atoms with Gasteiger partial charge in [0.05, 0.1) is 13.6 Å². The van der Waals surface area contributed by atoms with Crippen molar-refractivity contribution in [3.63, 3.8) is 0 Å². The van der Waals surface area contributed by atoms with E-state index in [2.05, 4.69) is 10.3 Å². The van der Waals surface area contributed by atoms with Crippen molar-refractivity contribution in [2.45, 2.75) is 12.8 Å². The first-order valence-electron chi connectivity index (χ1n) is 4.63. The van der Waals surface area contributed by atoms with Gasteiger partial charge in [-0.3, -0.25) is 5.32 Å². The van der Waals surface area contributed by atoms with Crippen LogP contribution in [0.15, 0.2) is 0 Å². The summed E-state index contributed by atoms with van der Waals surface area (Å²) in [6.45, 7) is 3.89. The SMILES string of the molecule is C[N+]1(N2CCCC2)CCNC1=O. The van der Waals surface area contributed by atoms with Crippen molar-refractivity contribution in [2.75, 3.05) is 33.2 Å². The van der Waals surface area contributed by atoms with E-state index in [-0.39, 0.29) is 6.03 Å². The third-order valence-electron chi connectivity index (χ3n) is 2.97. The maximum atomic E-state index is 11.5. The van der Waals surface area contributed by atoms with Gasteiger partial charge >= 0.3 is 6.03 Å². The van der Waals surface area contributed by atoms with Gasteiger partial charge in [-0.2, -0.15) is 4.59 Å². The maximum Gasteiger partial charge on any atom is 0.436 e. The third kappa shape index (κ3) is 1.03. The van der Waals surface area contributed by atoms with Crippen molar-refractivity contribution in [2.24, 2.45) is 0 Å². The van der Waals surface area contributed by atoms with Crippen LogP contribution < -0.4 is 5.32 Å². The summed E-state index contributed by atoms with van der Waals surface area (Å²) in [5.41, 5.74) is 0. The molecule has 0 aromatic heterocycles. The summed E-state index contributed by atoms with van der Waals surface area (Å²) in [6.07, 6.45) is 2.47. The molecule has 1 unspecified atom stereocenters. The van der Waals surface area contributed by atoms with E-state index in [9.17, 15) is 4.79 Å². The standard InChI is InChI=1S/C8H15N3O/c1-11(7-4-9-8(11)12)10-5-2-3-6-10/h2-7H2,1H3/p+1. The Kier molecular flexibility index (Phi) is 1.81. The van der Waals surface area contributed by atoms with Crippen molar-refractivity contribution < 1.29 is 9.39 Å². The van der Waals surface area contributed by atoms with Gasteiger partial charge in [-0.1, -0.05) is 0 Å². The molecule has 2 rings (SSSR count). The highest BCUT2D eigenvalue weighted by Crippen LogP contribution is 2.19. The summed E-state index contributed by atoms with van der Waals surface area (Å²) in [5, 5.41) is 5.14. The zero-order valence-electron chi connectivity index (χ0n) is 7.55. The Morgan fingerprint density at radius 3 is 2.58 bits per heavy atom. The Morgan fingerprint density at radius 2 is 2.08 bits per heavy atom. The number of amides is 2. The highest BCUT2D eigenvalue weighted by Gasteiger charge is 2.44. The lowest BCUT2D eigenvalue weighted by molar-refractivity contribution is -0.939. The van der Waals surface area contributed by atoms with Gasteiger partial charge in [-0.05, 0) is 12.8 Å². The lowest BCUT2D eigenvalue weighted by atomic mass is 10.4. The van der Waals surface area contributed by atoms with Crippen molar-refractivity contribution in [1.82, 2.24) is 10.3 Å². The molecule has 2 saturated heterocycles. The second-order valence-corrected chi connectivity index (χ2v) is 3.76. The number of nitrogens with zero attached hydrogens (tertiary/aromatic N) is 2. The number of hydrogen-bond donors (Lipinski definition) is 1. The minimum atomic E-state index is 0.164. The normalized spacial score (nSPS) is 37.2. The van der Waals surface area contributed by atoms with Crippen LogP contribution in [0.4, 0.5) is 4.79 Å². The van der Waals surface area contributed by atoms with Crippen molar-refractivity contribution in [3.8, 4) is 0 Å². The average molecular weight is 170 g/mol. The topological polar surface area (TPSA) is 32.3 Å². The van der Waals surface area contributed by atoms with Crippen LogP contribution in [0.2, 0.25) is 0 Å². The average Bonchev–Trinajstić information content (AvgIpc) is 2.62. The number of hydrogen-bond acceptors (Lipinski definition) is 2. The van der Waals surface area contributed by atoms with Gasteiger partial charge in [-0.25, -0.2) is 4.79 Å². The fraction of sp³-hybridized carbons (Fsp3) is 0.875. The Bertz CT molecular complexity index is 200. The summed E-state index contributed by atoms with van der Waals surface area (Å²) >= 11 is 0. The number of quaternary nitrogens is 1. The number of carbonyl (C=O) groups is 1. The van der Waals surface area contributed by atoms with Gasteiger partial charge in [0.2, 0.25) is 0 Å². The van der Waals surface area contributed by atoms with Gasteiger partial charge in [0.1, 0.15) is 6.54 Å². The maximum absolute atomic E-state index is 11.5. The number of rotatable bonds is 1. The molecule has 0 radical (unpaired) electrons. The number of likely N-dealkylation sites (N-methyl/N-ethyl adjacent to an activating group) is 1. The van der Waals surface area contributed by atoms with E-state index in [1.54, 1.807) is 0 Å². The van der Waals surface area contributed by atoms with Crippen LogP contribution in [0.25, 0.3) is 0 Å². The van der Waals surface area contributed by atoms with Crippen molar-refractivity contribution in [3.05, 3.63) is 0 Å². The summed E-state index contributed by atoms with van der Waals surface area (Å²) < 4.78 is 0.486. The summed E-state index contributed by atoms with van der Waals surface area (Å²) in [5.74, 6) is 0. The molecule has 2 aliphatic rings. The molecule has 68 valence electrons. The molecule has 2 heterocycles. The van der Waals surface area contributed by atoms with E-state index >= 15 is 0 Å². The minimum absolute atomic E-state index is 0.164. The third-order valence-corrected chi connectivity index (χ3v) is 2.97. The van der Waals surface area contributed by atoms with Crippen LogP contribution in [0.1, 0.15) is 12.8 Å². The van der Waals surface area contributed by atoms with E-state index in [0.717, 1.165) is 26.2 Å². The van der Waals surface area contributed by atoms with Crippen LogP contribution >= 0.6 is 0 Å². The highest BCUT2D eigenvalue weighted by atomic mass is 16.2. The van der Waals surface area contributed by atoms with Crippen molar-refractivity contribution in [1.29, 1.82) is 0 Å². The molecule has 2 fully saturated rings. The monoisotopic (exact) mass is 170 g/mol. The van der Waals surface area contributed by atoms with Crippen LogP contribution in [0.3, 0.4) is 0 Å². The predicted molar refractivity (Wildman–Crippen MR) is 45.3 cm³/mol. The molecule has 12 heavy (non-hydrogen) atoms. The van der Waals surface area contributed by atoms with E-state index in [1.807, 2.05) is 7.05 Å². The van der Waals surface area contributed by atoms with Crippen molar-refractivity contribution >= 4 is 6.03 Å². The Balaban J connectivity index is 2.13. The molecule has 1 atom stereocenters. The molecular weight excluding hydrogens is 154 g/mol. The molecule has 4 nitrogen and oxygen atoms in total. The molecule has 0 bridgehead atoms. The van der Waals surface area contributed by atoms with Gasteiger partial charge in [-0.15, -0.1) is 5.01 Å². The zero-order valence-corrected chi connectivity index (χ0v) is 7.55. The van der Waals surface area contributed by atoms with Gasteiger partial charge < -0.3 is 0 Å². The van der Waals surface area contributed by atoms with Crippen LogP contribution in [0.5, 0.6) is 0 Å². The van der Waals surface area contributed by atoms with Crippen LogP contribution in [0, 0.1) is 0 Å². The molecule has 0 aliphatic carbocycles. The van der Waals surface area contributed by atoms with Gasteiger partial charge in [0.15, 0.2) is 0 Å². The first-order chi connectivity index (χ1) is 5.73. The zero-order chi connectivity index (χ0) is 8.60. The molecule has 0 aromatic rings. The smallest absolute Gasteiger partial charge is 0.298 e. The van der Waals surface area contributed by atoms with E-state index in [4.69, 9.17) is 0 Å². The molecule has 1 N–H and O–H groups in total. The molecule has 4 heteroatoms. The Labute approximate surface area is 72.7 Å². The molecule has 2 amide bonds. The number of nitrogens with one attached hydrogen (secondary N) is 1. The lowest BCUT2D eigenvalue weighted by Crippen LogP contribution is -2.58.